The second-order valence-corrected chi connectivity index (χ2v) is 6.83. The minimum atomic E-state index is -0.245. The summed E-state index contributed by atoms with van der Waals surface area (Å²) in [6.45, 7) is 8.62. The molecule has 0 saturated carbocycles. The summed E-state index contributed by atoms with van der Waals surface area (Å²) in [5.41, 5.74) is 0. The number of thioether (sulfide) groups is 1. The van der Waals surface area contributed by atoms with E-state index < -0.39 is 0 Å². The molecule has 1 aromatic heterocycles. The number of hydrogen-bond acceptors (Lipinski definition) is 6. The predicted molar refractivity (Wildman–Crippen MR) is 75.9 cm³/mol. The van der Waals surface area contributed by atoms with Crippen molar-refractivity contribution in [2.45, 2.75) is 45.1 Å². The van der Waals surface area contributed by atoms with E-state index >= 15 is 0 Å². The van der Waals surface area contributed by atoms with E-state index in [9.17, 15) is 5.11 Å². The first-order chi connectivity index (χ1) is 9.10. The lowest BCUT2D eigenvalue weighted by molar-refractivity contribution is 0.0220. The Bertz CT molecular complexity index is 399. The minimum Gasteiger partial charge on any atom is -0.392 e. The Hall–Kier alpha value is -0.590. The number of piperidine rings is 1. The van der Waals surface area contributed by atoms with Gasteiger partial charge in [-0.15, -0.1) is 0 Å². The third kappa shape index (κ3) is 3.94. The quantitative estimate of drug-likeness (QED) is 0.894. The molecule has 0 aromatic carbocycles. The fraction of sp³-hybridized carbons (Fsp3) is 0.846. The lowest BCUT2D eigenvalue weighted by Crippen LogP contribution is -2.42. The van der Waals surface area contributed by atoms with Gasteiger partial charge in [0.15, 0.2) is 5.82 Å². The molecule has 1 fully saturated rings. The van der Waals surface area contributed by atoms with E-state index in [2.05, 4.69) is 35.8 Å². The Kier molecular flexibility index (Phi) is 5.24. The first-order valence-corrected chi connectivity index (χ1v) is 7.99. The highest BCUT2D eigenvalue weighted by molar-refractivity contribution is 7.99. The molecule has 0 aliphatic carbocycles. The van der Waals surface area contributed by atoms with Gasteiger partial charge in [-0.3, -0.25) is 4.90 Å². The number of aromatic nitrogens is 2. The maximum Gasteiger partial charge on any atom is 0.240 e. The summed E-state index contributed by atoms with van der Waals surface area (Å²) in [7, 11) is 0. The van der Waals surface area contributed by atoms with Crippen LogP contribution in [0.5, 0.6) is 0 Å². The van der Waals surface area contributed by atoms with Gasteiger partial charge in [-0.2, -0.15) is 16.7 Å². The van der Waals surface area contributed by atoms with Crippen LogP contribution in [0.2, 0.25) is 0 Å². The average Bonchev–Trinajstić information content (AvgIpc) is 2.83. The number of rotatable bonds is 5. The fourth-order valence-corrected chi connectivity index (χ4v) is 3.02. The molecule has 0 amide bonds. The van der Waals surface area contributed by atoms with Crippen molar-refractivity contribution in [3.05, 3.63) is 11.7 Å². The molecule has 6 heteroatoms. The number of β-amino-alcohol motifs (C(OH)–C–C–N with tert-alkyl or cyclic N) is 1. The van der Waals surface area contributed by atoms with Gasteiger partial charge in [0, 0.05) is 6.54 Å². The number of aliphatic hydroxyl groups is 1. The van der Waals surface area contributed by atoms with Gasteiger partial charge in [0.05, 0.1) is 17.9 Å². The molecule has 0 radical (unpaired) electrons. The molecule has 2 rings (SSSR count). The predicted octanol–water partition coefficient (Wildman–Crippen LogP) is 2.09. The van der Waals surface area contributed by atoms with Gasteiger partial charge in [-0.05, 0) is 31.6 Å². The van der Waals surface area contributed by atoms with Gasteiger partial charge in [0.2, 0.25) is 5.89 Å². The molecule has 5 nitrogen and oxygen atoms in total. The smallest absolute Gasteiger partial charge is 0.240 e. The molecule has 3 unspecified atom stereocenters. The van der Waals surface area contributed by atoms with Crippen LogP contribution in [0.3, 0.4) is 0 Å². The number of aliphatic hydroxyl groups excluding tert-OH is 1. The number of hydrogen-bond donors (Lipinski definition) is 1. The molecule has 1 aromatic rings. The van der Waals surface area contributed by atoms with Gasteiger partial charge >= 0.3 is 0 Å². The lowest BCUT2D eigenvalue weighted by Gasteiger charge is -2.33. The van der Waals surface area contributed by atoms with Gasteiger partial charge < -0.3 is 9.63 Å². The van der Waals surface area contributed by atoms with Crippen molar-refractivity contribution in [1.29, 1.82) is 0 Å². The summed E-state index contributed by atoms with van der Waals surface area (Å²) in [5, 5.41) is 14.2. The maximum absolute atomic E-state index is 9.88. The Labute approximate surface area is 118 Å². The highest BCUT2D eigenvalue weighted by Crippen LogP contribution is 2.25. The molecule has 108 valence electrons. The van der Waals surface area contributed by atoms with Crippen LogP contribution in [-0.4, -0.2) is 45.1 Å². The first-order valence-electron chi connectivity index (χ1n) is 6.94. The lowest BCUT2D eigenvalue weighted by atomic mass is 9.96. The second kappa shape index (κ2) is 6.72. The standard InChI is InChI=1S/C13H23N3O2S/c1-4-19-10(3)13-14-12(18-15-13)8-16-6-5-9(2)11(17)7-16/h9-11,17H,4-8H2,1-3H3. The summed E-state index contributed by atoms with van der Waals surface area (Å²) >= 11 is 1.81. The molecule has 1 saturated heterocycles. The SMILES string of the molecule is CCSC(C)c1noc(CN2CCC(C)C(O)C2)n1. The fourth-order valence-electron chi connectivity index (χ4n) is 2.27. The van der Waals surface area contributed by atoms with Crippen LogP contribution in [-0.2, 0) is 6.54 Å². The normalized spacial score (nSPS) is 26.5. The zero-order chi connectivity index (χ0) is 13.8. The summed E-state index contributed by atoms with van der Waals surface area (Å²) in [6, 6.07) is 0. The second-order valence-electron chi connectivity index (χ2n) is 5.21. The van der Waals surface area contributed by atoms with Crippen LogP contribution in [0, 0.1) is 5.92 Å². The maximum atomic E-state index is 9.88. The minimum absolute atomic E-state index is 0.245. The Morgan fingerprint density at radius 1 is 1.58 bits per heavy atom. The van der Waals surface area contributed by atoms with E-state index in [0.29, 0.717) is 24.9 Å². The van der Waals surface area contributed by atoms with Crippen molar-refractivity contribution < 1.29 is 9.63 Å². The third-order valence-corrected chi connectivity index (χ3v) is 4.67. The molecule has 0 bridgehead atoms. The largest absolute Gasteiger partial charge is 0.392 e. The summed E-state index contributed by atoms with van der Waals surface area (Å²) in [4.78, 5) is 6.63. The number of likely N-dealkylation sites (tertiary alicyclic amines) is 1. The molecular formula is C13H23N3O2S. The Morgan fingerprint density at radius 3 is 3.05 bits per heavy atom. The molecule has 1 aliphatic rings. The van der Waals surface area contributed by atoms with Crippen LogP contribution in [0.15, 0.2) is 4.52 Å². The van der Waals surface area contributed by atoms with Crippen LogP contribution in [0.4, 0.5) is 0 Å². The van der Waals surface area contributed by atoms with E-state index in [1.165, 1.54) is 0 Å². The molecular weight excluding hydrogens is 262 g/mol. The van der Waals surface area contributed by atoms with E-state index in [4.69, 9.17) is 4.52 Å². The zero-order valence-electron chi connectivity index (χ0n) is 11.9. The summed E-state index contributed by atoms with van der Waals surface area (Å²) in [6.07, 6.45) is 0.773. The number of nitrogens with zero attached hydrogens (tertiary/aromatic N) is 3. The van der Waals surface area contributed by atoms with E-state index in [1.807, 2.05) is 0 Å². The van der Waals surface area contributed by atoms with Gasteiger partial charge in [0.1, 0.15) is 0 Å². The van der Waals surface area contributed by atoms with Crippen LogP contribution < -0.4 is 0 Å². The van der Waals surface area contributed by atoms with Gasteiger partial charge in [-0.25, -0.2) is 0 Å². The highest BCUT2D eigenvalue weighted by Gasteiger charge is 2.25. The van der Waals surface area contributed by atoms with Crippen LogP contribution in [0.25, 0.3) is 0 Å². The molecule has 19 heavy (non-hydrogen) atoms. The molecule has 2 heterocycles. The van der Waals surface area contributed by atoms with Crippen LogP contribution >= 0.6 is 11.8 Å². The van der Waals surface area contributed by atoms with Crippen molar-refractivity contribution in [1.82, 2.24) is 15.0 Å². The van der Waals surface area contributed by atoms with Crippen molar-refractivity contribution in [3.63, 3.8) is 0 Å². The van der Waals surface area contributed by atoms with E-state index in [1.54, 1.807) is 11.8 Å². The summed E-state index contributed by atoms with van der Waals surface area (Å²) < 4.78 is 5.30. The molecule has 0 spiro atoms. The Balaban J connectivity index is 1.89. The average molecular weight is 285 g/mol. The molecule has 3 atom stereocenters. The molecule has 1 aliphatic heterocycles. The first kappa shape index (κ1) is 14.8. The van der Waals surface area contributed by atoms with E-state index in [-0.39, 0.29) is 11.4 Å². The third-order valence-electron chi connectivity index (χ3n) is 3.63. The van der Waals surface area contributed by atoms with Crippen molar-refractivity contribution >= 4 is 11.8 Å². The van der Waals surface area contributed by atoms with Crippen molar-refractivity contribution in [3.8, 4) is 0 Å². The van der Waals surface area contributed by atoms with Crippen molar-refractivity contribution in [2.24, 2.45) is 5.92 Å². The van der Waals surface area contributed by atoms with Crippen molar-refractivity contribution in [2.75, 3.05) is 18.8 Å². The zero-order valence-corrected chi connectivity index (χ0v) is 12.7. The monoisotopic (exact) mass is 285 g/mol. The van der Waals surface area contributed by atoms with Gasteiger partial charge in [-0.1, -0.05) is 19.0 Å². The Morgan fingerprint density at radius 2 is 2.37 bits per heavy atom. The molecule has 1 N–H and O–H groups in total. The van der Waals surface area contributed by atoms with E-state index in [0.717, 1.165) is 24.5 Å². The van der Waals surface area contributed by atoms with Gasteiger partial charge in [0.25, 0.3) is 0 Å². The van der Waals surface area contributed by atoms with Crippen LogP contribution in [0.1, 0.15) is 44.2 Å². The summed E-state index contributed by atoms with van der Waals surface area (Å²) in [5.74, 6) is 2.85. The topological polar surface area (TPSA) is 62.4 Å². The highest BCUT2D eigenvalue weighted by atomic mass is 32.2.